The van der Waals surface area contributed by atoms with Gasteiger partial charge in [-0.05, 0) is 44.4 Å². The molecule has 2 N–H and O–H groups in total. The lowest BCUT2D eigenvalue weighted by Gasteiger charge is -2.26. The Bertz CT molecular complexity index is 399. The van der Waals surface area contributed by atoms with Crippen LogP contribution in [-0.4, -0.2) is 13.1 Å². The van der Waals surface area contributed by atoms with Gasteiger partial charge in [-0.2, -0.15) is 0 Å². The number of rotatable bonds is 2. The summed E-state index contributed by atoms with van der Waals surface area (Å²) < 4.78 is 4.75. The van der Waals surface area contributed by atoms with Gasteiger partial charge >= 0.3 is 5.97 Å². The first-order chi connectivity index (χ1) is 7.30. The second-order valence-electron chi connectivity index (χ2n) is 4.47. The minimum atomic E-state index is -1.09. The summed E-state index contributed by atoms with van der Waals surface area (Å²) in [5.41, 5.74) is 9.04. The van der Waals surface area contributed by atoms with Gasteiger partial charge in [-0.3, -0.25) is 0 Å². The van der Waals surface area contributed by atoms with E-state index in [0.717, 1.165) is 16.7 Å². The Morgan fingerprint density at radius 2 is 1.69 bits per heavy atom. The van der Waals surface area contributed by atoms with Gasteiger partial charge in [-0.15, -0.1) is 0 Å². The Labute approximate surface area is 96.6 Å². The van der Waals surface area contributed by atoms with Gasteiger partial charge in [0.15, 0.2) is 0 Å². The molecule has 1 aromatic rings. The van der Waals surface area contributed by atoms with E-state index in [4.69, 9.17) is 10.5 Å². The van der Waals surface area contributed by atoms with E-state index in [-0.39, 0.29) is 0 Å². The van der Waals surface area contributed by atoms with Gasteiger partial charge in [-0.25, -0.2) is 4.79 Å². The Morgan fingerprint density at radius 3 is 2.06 bits per heavy atom. The van der Waals surface area contributed by atoms with Gasteiger partial charge in [0, 0.05) is 0 Å². The highest BCUT2D eigenvalue weighted by molar-refractivity contribution is 5.82. The van der Waals surface area contributed by atoms with Crippen LogP contribution in [0, 0.1) is 20.8 Å². The Balaban J connectivity index is 3.38. The molecule has 0 aromatic heterocycles. The minimum absolute atomic E-state index is 0.414. The van der Waals surface area contributed by atoms with Crippen molar-refractivity contribution in [3.63, 3.8) is 0 Å². The van der Waals surface area contributed by atoms with Gasteiger partial charge < -0.3 is 10.5 Å². The molecule has 0 aliphatic heterocycles. The highest BCUT2D eigenvalue weighted by Gasteiger charge is 2.34. The number of nitrogens with two attached hydrogens (primary N) is 1. The molecule has 1 unspecified atom stereocenters. The number of esters is 1. The van der Waals surface area contributed by atoms with Crippen LogP contribution in [0.2, 0.25) is 0 Å². The highest BCUT2D eigenvalue weighted by Crippen LogP contribution is 2.27. The van der Waals surface area contributed by atoms with Crippen LogP contribution in [0.4, 0.5) is 0 Å². The zero-order valence-corrected chi connectivity index (χ0v) is 10.5. The molecular weight excluding hydrogens is 202 g/mol. The van der Waals surface area contributed by atoms with Crippen LogP contribution < -0.4 is 5.73 Å². The number of benzene rings is 1. The van der Waals surface area contributed by atoms with Gasteiger partial charge in [0.05, 0.1) is 7.11 Å². The van der Waals surface area contributed by atoms with Crippen molar-refractivity contribution in [1.29, 1.82) is 0 Å². The summed E-state index contributed by atoms with van der Waals surface area (Å²) in [5, 5.41) is 0. The summed E-state index contributed by atoms with van der Waals surface area (Å²) in [6.45, 7) is 7.63. The quantitative estimate of drug-likeness (QED) is 0.777. The van der Waals surface area contributed by atoms with E-state index in [0.29, 0.717) is 0 Å². The molecule has 1 rings (SSSR count). The molecule has 0 fully saturated rings. The summed E-state index contributed by atoms with van der Waals surface area (Å²) >= 11 is 0. The molecule has 0 saturated carbocycles. The molecule has 0 radical (unpaired) electrons. The zero-order valence-electron chi connectivity index (χ0n) is 10.5. The monoisotopic (exact) mass is 221 g/mol. The minimum Gasteiger partial charge on any atom is -0.467 e. The van der Waals surface area contributed by atoms with Gasteiger partial charge in [0.2, 0.25) is 0 Å². The van der Waals surface area contributed by atoms with Gasteiger partial charge in [0.1, 0.15) is 5.54 Å². The second kappa shape index (κ2) is 4.26. The Morgan fingerprint density at radius 1 is 1.25 bits per heavy atom. The molecule has 0 saturated heterocycles. The number of carbonyl (C=O) groups is 1. The maximum atomic E-state index is 11.7. The van der Waals surface area contributed by atoms with Crippen molar-refractivity contribution in [1.82, 2.24) is 0 Å². The number of ether oxygens (including phenoxy) is 1. The molecule has 0 bridgehead atoms. The molecule has 0 spiro atoms. The molecule has 1 atom stereocenters. The first kappa shape index (κ1) is 12.7. The van der Waals surface area contributed by atoms with Crippen molar-refractivity contribution in [3.8, 4) is 0 Å². The molecule has 0 heterocycles. The normalized spacial score (nSPS) is 14.4. The van der Waals surface area contributed by atoms with Crippen molar-refractivity contribution in [2.45, 2.75) is 33.2 Å². The Hall–Kier alpha value is -1.35. The number of methoxy groups -OCH3 is 1. The number of aryl methyl sites for hydroxylation is 3. The van der Waals surface area contributed by atoms with Crippen LogP contribution in [0.3, 0.4) is 0 Å². The van der Waals surface area contributed by atoms with Gasteiger partial charge in [0.25, 0.3) is 0 Å². The fourth-order valence-electron chi connectivity index (χ4n) is 2.31. The lowest BCUT2D eigenvalue weighted by Crippen LogP contribution is -2.43. The number of carbonyl (C=O) groups excluding carboxylic acids is 1. The van der Waals surface area contributed by atoms with E-state index >= 15 is 0 Å². The second-order valence-corrected chi connectivity index (χ2v) is 4.47. The van der Waals surface area contributed by atoms with Crippen LogP contribution in [0.1, 0.15) is 29.2 Å². The van der Waals surface area contributed by atoms with Crippen LogP contribution in [0.15, 0.2) is 12.1 Å². The summed E-state index contributed by atoms with van der Waals surface area (Å²) in [6.07, 6.45) is 0. The molecule has 1 aromatic carbocycles. The third-order valence-electron chi connectivity index (χ3n) is 2.81. The van der Waals surface area contributed by atoms with Crippen LogP contribution >= 0.6 is 0 Å². The molecule has 0 amide bonds. The van der Waals surface area contributed by atoms with E-state index in [9.17, 15) is 4.79 Å². The van der Waals surface area contributed by atoms with E-state index < -0.39 is 11.5 Å². The summed E-state index contributed by atoms with van der Waals surface area (Å²) in [5.74, 6) is -0.414. The average molecular weight is 221 g/mol. The Kier molecular flexibility index (Phi) is 3.38. The average Bonchev–Trinajstić information content (AvgIpc) is 2.14. The smallest absolute Gasteiger partial charge is 0.330 e. The molecule has 3 heteroatoms. The topological polar surface area (TPSA) is 52.3 Å². The fourth-order valence-corrected chi connectivity index (χ4v) is 2.31. The fraction of sp³-hybridized carbons (Fsp3) is 0.462. The summed E-state index contributed by atoms with van der Waals surface area (Å²) in [6, 6.07) is 4.05. The van der Waals surface area contributed by atoms with E-state index in [2.05, 4.69) is 0 Å². The first-order valence-corrected chi connectivity index (χ1v) is 5.26. The first-order valence-electron chi connectivity index (χ1n) is 5.26. The maximum absolute atomic E-state index is 11.7. The molecule has 0 aliphatic rings. The van der Waals surface area contributed by atoms with E-state index in [1.165, 1.54) is 12.7 Å². The van der Waals surface area contributed by atoms with Crippen molar-refractivity contribution < 1.29 is 9.53 Å². The van der Waals surface area contributed by atoms with Crippen LogP contribution in [-0.2, 0) is 15.1 Å². The number of hydrogen-bond donors (Lipinski definition) is 1. The van der Waals surface area contributed by atoms with Crippen molar-refractivity contribution in [3.05, 3.63) is 34.4 Å². The van der Waals surface area contributed by atoms with Crippen LogP contribution in [0.25, 0.3) is 0 Å². The largest absolute Gasteiger partial charge is 0.467 e. The lowest BCUT2D eigenvalue weighted by atomic mass is 9.85. The summed E-state index contributed by atoms with van der Waals surface area (Å²) in [4.78, 5) is 11.7. The van der Waals surface area contributed by atoms with E-state index in [1.807, 2.05) is 32.9 Å². The highest BCUT2D eigenvalue weighted by atomic mass is 16.5. The predicted octanol–water partition coefficient (Wildman–Crippen LogP) is 1.96. The van der Waals surface area contributed by atoms with E-state index in [1.54, 1.807) is 6.92 Å². The van der Waals surface area contributed by atoms with Crippen molar-refractivity contribution >= 4 is 5.97 Å². The molecule has 0 aliphatic carbocycles. The molecular formula is C13H19NO2. The third kappa shape index (κ3) is 2.09. The zero-order chi connectivity index (χ0) is 12.5. The molecule has 3 nitrogen and oxygen atoms in total. The number of hydrogen-bond acceptors (Lipinski definition) is 3. The van der Waals surface area contributed by atoms with Crippen molar-refractivity contribution in [2.75, 3.05) is 7.11 Å². The maximum Gasteiger partial charge on any atom is 0.330 e. The predicted molar refractivity (Wildman–Crippen MR) is 64.2 cm³/mol. The molecule has 16 heavy (non-hydrogen) atoms. The molecule has 88 valence electrons. The summed E-state index contributed by atoms with van der Waals surface area (Å²) in [7, 11) is 1.35. The third-order valence-corrected chi connectivity index (χ3v) is 2.81. The SMILES string of the molecule is COC(=O)C(C)(N)c1c(C)cc(C)cc1C. The van der Waals surface area contributed by atoms with Crippen LogP contribution in [0.5, 0.6) is 0 Å². The lowest BCUT2D eigenvalue weighted by molar-refractivity contribution is -0.146. The van der Waals surface area contributed by atoms with Gasteiger partial charge in [-0.1, -0.05) is 17.7 Å². The van der Waals surface area contributed by atoms with Crippen molar-refractivity contribution in [2.24, 2.45) is 5.73 Å². The standard InChI is InChI=1S/C13H19NO2/c1-8-6-9(2)11(10(3)7-8)13(4,14)12(15)16-5/h6-7H,14H2,1-5H3.